The number of carbonyl (C=O) groups excluding carboxylic acids is 2. The molecule has 1 N–H and O–H groups in total. The summed E-state index contributed by atoms with van der Waals surface area (Å²) in [6.07, 6.45) is 2.15. The van der Waals surface area contributed by atoms with E-state index < -0.39 is 0 Å². The third-order valence-corrected chi connectivity index (χ3v) is 3.65. The SMILES string of the molecule is CCOC1CCCN(C(=O)CN2CCNCC2=O)C1. The summed E-state index contributed by atoms with van der Waals surface area (Å²) < 4.78 is 5.59. The molecule has 0 aromatic rings. The number of piperazine rings is 1. The van der Waals surface area contributed by atoms with Gasteiger partial charge in [0.15, 0.2) is 0 Å². The highest BCUT2D eigenvalue weighted by Crippen LogP contribution is 2.13. The summed E-state index contributed by atoms with van der Waals surface area (Å²) in [7, 11) is 0. The summed E-state index contributed by atoms with van der Waals surface area (Å²) in [4.78, 5) is 27.3. The smallest absolute Gasteiger partial charge is 0.242 e. The lowest BCUT2D eigenvalue weighted by atomic mass is 10.1. The first-order valence-electron chi connectivity index (χ1n) is 7.08. The van der Waals surface area contributed by atoms with Gasteiger partial charge in [0.25, 0.3) is 0 Å². The predicted molar refractivity (Wildman–Crippen MR) is 70.7 cm³/mol. The van der Waals surface area contributed by atoms with E-state index in [-0.39, 0.29) is 24.5 Å². The van der Waals surface area contributed by atoms with Crippen molar-refractivity contribution < 1.29 is 14.3 Å². The molecule has 2 aliphatic rings. The maximum absolute atomic E-state index is 12.2. The second-order valence-electron chi connectivity index (χ2n) is 5.05. The van der Waals surface area contributed by atoms with E-state index in [0.29, 0.717) is 26.2 Å². The number of rotatable bonds is 4. The van der Waals surface area contributed by atoms with Crippen molar-refractivity contribution in [2.75, 3.05) is 45.9 Å². The van der Waals surface area contributed by atoms with Crippen LogP contribution in [0.5, 0.6) is 0 Å². The Hall–Kier alpha value is -1.14. The van der Waals surface area contributed by atoms with E-state index in [1.165, 1.54) is 0 Å². The molecule has 6 heteroatoms. The second kappa shape index (κ2) is 6.86. The molecule has 0 aromatic carbocycles. The zero-order valence-electron chi connectivity index (χ0n) is 11.6. The molecule has 2 rings (SSSR count). The zero-order valence-corrected chi connectivity index (χ0v) is 11.6. The molecule has 1 atom stereocenters. The van der Waals surface area contributed by atoms with Crippen LogP contribution in [0, 0.1) is 0 Å². The molecule has 6 nitrogen and oxygen atoms in total. The van der Waals surface area contributed by atoms with Gasteiger partial charge in [0, 0.05) is 32.8 Å². The van der Waals surface area contributed by atoms with E-state index in [4.69, 9.17) is 4.74 Å². The van der Waals surface area contributed by atoms with Crippen molar-refractivity contribution >= 4 is 11.8 Å². The van der Waals surface area contributed by atoms with Gasteiger partial charge in [-0.25, -0.2) is 0 Å². The standard InChI is InChI=1S/C13H23N3O3/c1-2-19-11-4-3-6-15(9-11)13(18)10-16-7-5-14-8-12(16)17/h11,14H,2-10H2,1H3. The van der Waals surface area contributed by atoms with Crippen LogP contribution in [0.3, 0.4) is 0 Å². The Kier molecular flexibility index (Phi) is 5.15. The van der Waals surface area contributed by atoms with Gasteiger partial charge in [-0.15, -0.1) is 0 Å². The number of carbonyl (C=O) groups is 2. The minimum atomic E-state index is 0.0120. The number of amides is 2. The molecule has 2 amide bonds. The lowest BCUT2D eigenvalue weighted by Gasteiger charge is -2.35. The fourth-order valence-electron chi connectivity index (χ4n) is 2.61. The summed E-state index contributed by atoms with van der Waals surface area (Å²) in [6.45, 7) is 6.03. The fraction of sp³-hybridized carbons (Fsp3) is 0.846. The number of likely N-dealkylation sites (tertiary alicyclic amines) is 1. The van der Waals surface area contributed by atoms with Gasteiger partial charge in [0.05, 0.1) is 19.2 Å². The maximum Gasteiger partial charge on any atom is 0.242 e. The van der Waals surface area contributed by atoms with Crippen LogP contribution in [-0.2, 0) is 14.3 Å². The van der Waals surface area contributed by atoms with Crippen molar-refractivity contribution in [3.63, 3.8) is 0 Å². The molecule has 2 heterocycles. The van der Waals surface area contributed by atoms with Crippen LogP contribution in [0.25, 0.3) is 0 Å². The predicted octanol–water partition coefficient (Wildman–Crippen LogP) is -0.554. The Bertz CT molecular complexity index is 333. The van der Waals surface area contributed by atoms with Gasteiger partial charge in [-0.05, 0) is 19.8 Å². The van der Waals surface area contributed by atoms with Crippen LogP contribution in [0.2, 0.25) is 0 Å². The first kappa shape index (κ1) is 14.3. The lowest BCUT2D eigenvalue weighted by Crippen LogP contribution is -2.53. The van der Waals surface area contributed by atoms with Gasteiger partial charge in [0.1, 0.15) is 0 Å². The van der Waals surface area contributed by atoms with E-state index in [0.717, 1.165) is 25.9 Å². The summed E-state index contributed by atoms with van der Waals surface area (Å²) >= 11 is 0. The number of nitrogens with one attached hydrogen (secondary N) is 1. The van der Waals surface area contributed by atoms with Crippen molar-refractivity contribution in [1.82, 2.24) is 15.1 Å². The van der Waals surface area contributed by atoms with Crippen LogP contribution in [0.15, 0.2) is 0 Å². The van der Waals surface area contributed by atoms with Crippen molar-refractivity contribution in [2.45, 2.75) is 25.9 Å². The topological polar surface area (TPSA) is 61.9 Å². The van der Waals surface area contributed by atoms with Gasteiger partial charge in [-0.3, -0.25) is 9.59 Å². The van der Waals surface area contributed by atoms with Crippen LogP contribution >= 0.6 is 0 Å². The molecule has 1 unspecified atom stereocenters. The molecule has 0 saturated carbocycles. The quantitative estimate of drug-likeness (QED) is 0.743. The van der Waals surface area contributed by atoms with Crippen molar-refractivity contribution in [3.8, 4) is 0 Å². The van der Waals surface area contributed by atoms with Crippen molar-refractivity contribution in [1.29, 1.82) is 0 Å². The molecule has 2 saturated heterocycles. The number of hydrogen-bond donors (Lipinski definition) is 1. The monoisotopic (exact) mass is 269 g/mol. The fourth-order valence-corrected chi connectivity index (χ4v) is 2.61. The zero-order chi connectivity index (χ0) is 13.7. The Morgan fingerprint density at radius 1 is 1.47 bits per heavy atom. The van der Waals surface area contributed by atoms with E-state index in [2.05, 4.69) is 5.32 Å². The minimum Gasteiger partial charge on any atom is -0.377 e. The molecule has 0 bridgehead atoms. The van der Waals surface area contributed by atoms with Crippen molar-refractivity contribution in [2.24, 2.45) is 0 Å². The Labute approximate surface area is 114 Å². The molecule has 2 aliphatic heterocycles. The highest BCUT2D eigenvalue weighted by atomic mass is 16.5. The molecule has 0 aromatic heterocycles. The van der Waals surface area contributed by atoms with Crippen LogP contribution < -0.4 is 5.32 Å². The Morgan fingerprint density at radius 3 is 3.05 bits per heavy atom. The number of nitrogens with zero attached hydrogens (tertiary/aromatic N) is 2. The number of hydrogen-bond acceptors (Lipinski definition) is 4. The Balaban J connectivity index is 1.83. The van der Waals surface area contributed by atoms with E-state index >= 15 is 0 Å². The van der Waals surface area contributed by atoms with Crippen LogP contribution in [0.4, 0.5) is 0 Å². The lowest BCUT2D eigenvalue weighted by molar-refractivity contribution is -0.143. The number of piperidine rings is 1. The highest BCUT2D eigenvalue weighted by Gasteiger charge is 2.27. The average Bonchev–Trinajstić information content (AvgIpc) is 2.42. The molecule has 0 radical (unpaired) electrons. The molecule has 19 heavy (non-hydrogen) atoms. The van der Waals surface area contributed by atoms with Gasteiger partial charge < -0.3 is 19.9 Å². The molecular formula is C13H23N3O3. The molecule has 108 valence electrons. The van der Waals surface area contributed by atoms with Crippen LogP contribution in [0.1, 0.15) is 19.8 Å². The van der Waals surface area contributed by atoms with Crippen LogP contribution in [-0.4, -0.2) is 73.6 Å². The van der Waals surface area contributed by atoms with E-state index in [9.17, 15) is 9.59 Å². The average molecular weight is 269 g/mol. The normalized spacial score (nSPS) is 24.7. The first-order chi connectivity index (χ1) is 9.20. The van der Waals surface area contributed by atoms with E-state index in [1.807, 2.05) is 11.8 Å². The summed E-state index contributed by atoms with van der Waals surface area (Å²) in [5, 5.41) is 3.00. The largest absolute Gasteiger partial charge is 0.377 e. The third-order valence-electron chi connectivity index (χ3n) is 3.65. The van der Waals surface area contributed by atoms with Gasteiger partial charge >= 0.3 is 0 Å². The first-order valence-corrected chi connectivity index (χ1v) is 7.08. The summed E-state index contributed by atoms with van der Waals surface area (Å²) in [5.74, 6) is 0.0534. The molecule has 2 fully saturated rings. The second-order valence-corrected chi connectivity index (χ2v) is 5.05. The van der Waals surface area contributed by atoms with Gasteiger partial charge in [-0.2, -0.15) is 0 Å². The summed E-state index contributed by atoms with van der Waals surface area (Å²) in [6, 6.07) is 0. The third kappa shape index (κ3) is 3.91. The maximum atomic E-state index is 12.2. The summed E-state index contributed by atoms with van der Waals surface area (Å²) in [5.41, 5.74) is 0. The van der Waals surface area contributed by atoms with Crippen molar-refractivity contribution in [3.05, 3.63) is 0 Å². The Morgan fingerprint density at radius 2 is 2.32 bits per heavy atom. The van der Waals surface area contributed by atoms with Gasteiger partial charge in [-0.1, -0.05) is 0 Å². The molecule has 0 aliphatic carbocycles. The molecule has 0 spiro atoms. The van der Waals surface area contributed by atoms with Gasteiger partial charge in [0.2, 0.25) is 11.8 Å². The molecular weight excluding hydrogens is 246 g/mol. The highest BCUT2D eigenvalue weighted by molar-refractivity contribution is 5.86. The number of ether oxygens (including phenoxy) is 1. The van der Waals surface area contributed by atoms with E-state index in [1.54, 1.807) is 4.90 Å². The minimum absolute atomic E-state index is 0.0120.